The number of amides is 1. The van der Waals surface area contributed by atoms with Crippen LogP contribution in [0.1, 0.15) is 0 Å². The number of hydrogen-bond donors (Lipinski definition) is 2. The number of rotatable bonds is 1. The third-order valence-corrected chi connectivity index (χ3v) is 2.84. The lowest BCUT2D eigenvalue weighted by Gasteiger charge is -2.30. The Balaban J connectivity index is 2.13. The van der Waals surface area contributed by atoms with Gasteiger partial charge in [-0.2, -0.15) is 0 Å². The molecule has 3 rings (SSSR count). The molecular weight excluding hydrogens is 228 g/mol. The molecule has 90 valence electrons. The number of benzene rings is 1. The minimum Gasteiger partial charge on any atom is -0.396 e. The summed E-state index contributed by atoms with van der Waals surface area (Å²) in [5, 5.41) is 2.83. The normalized spacial score (nSPS) is 14.0. The van der Waals surface area contributed by atoms with E-state index in [1.165, 1.54) is 0 Å². The Morgan fingerprint density at radius 1 is 1.22 bits per heavy atom. The van der Waals surface area contributed by atoms with Crippen molar-refractivity contribution in [2.75, 3.05) is 22.5 Å². The number of nitrogens with zero attached hydrogens (tertiary/aromatic N) is 2. The molecule has 5 nitrogen and oxygen atoms in total. The van der Waals surface area contributed by atoms with Gasteiger partial charge in [-0.3, -0.25) is 4.79 Å². The van der Waals surface area contributed by atoms with Crippen LogP contribution >= 0.6 is 0 Å². The lowest BCUT2D eigenvalue weighted by Crippen LogP contribution is -2.35. The summed E-state index contributed by atoms with van der Waals surface area (Å²) in [6, 6.07) is 11.1. The highest BCUT2D eigenvalue weighted by molar-refractivity contribution is 6.03. The molecule has 1 aliphatic heterocycles. The van der Waals surface area contributed by atoms with Gasteiger partial charge in [-0.05, 0) is 24.3 Å². The molecule has 0 fully saturated rings. The molecule has 0 atom stereocenters. The number of nitrogens with two attached hydrogens (primary N) is 1. The average molecular weight is 240 g/mol. The summed E-state index contributed by atoms with van der Waals surface area (Å²) in [7, 11) is 0. The molecule has 0 saturated carbocycles. The standard InChI is InChI=1S/C13H12N4O/c14-9-4-3-7-15-13(9)17-8-12(18)16-10-5-1-2-6-11(10)17/h1-7H,8,14H2,(H,16,18). The second kappa shape index (κ2) is 4.03. The fourth-order valence-corrected chi connectivity index (χ4v) is 2.06. The zero-order chi connectivity index (χ0) is 12.5. The topological polar surface area (TPSA) is 71.2 Å². The highest BCUT2D eigenvalue weighted by atomic mass is 16.2. The van der Waals surface area contributed by atoms with Crippen LogP contribution in [0.4, 0.5) is 22.9 Å². The van der Waals surface area contributed by atoms with Gasteiger partial charge < -0.3 is 16.0 Å². The number of anilines is 4. The number of para-hydroxylation sites is 2. The first-order chi connectivity index (χ1) is 8.75. The maximum atomic E-state index is 11.7. The molecule has 0 unspecified atom stereocenters. The Kier molecular flexibility index (Phi) is 2.37. The molecule has 0 spiro atoms. The van der Waals surface area contributed by atoms with Gasteiger partial charge in [-0.25, -0.2) is 4.98 Å². The minimum absolute atomic E-state index is 0.0706. The molecule has 0 aliphatic carbocycles. The van der Waals surface area contributed by atoms with Gasteiger partial charge in [0.25, 0.3) is 0 Å². The first-order valence-corrected chi connectivity index (χ1v) is 5.62. The Hall–Kier alpha value is -2.56. The lowest BCUT2D eigenvalue weighted by molar-refractivity contribution is -0.115. The number of carbonyl (C=O) groups is 1. The highest BCUT2D eigenvalue weighted by Gasteiger charge is 2.24. The molecule has 18 heavy (non-hydrogen) atoms. The molecule has 1 amide bonds. The number of hydrogen-bond acceptors (Lipinski definition) is 4. The molecule has 1 aromatic carbocycles. The Bertz CT molecular complexity index is 611. The maximum absolute atomic E-state index is 11.7. The van der Waals surface area contributed by atoms with Crippen LogP contribution in [0.2, 0.25) is 0 Å². The molecular formula is C13H12N4O. The van der Waals surface area contributed by atoms with Crippen LogP contribution in [-0.4, -0.2) is 17.4 Å². The number of aromatic nitrogens is 1. The summed E-state index contributed by atoms with van der Waals surface area (Å²) in [5.74, 6) is 0.540. The van der Waals surface area contributed by atoms with Crippen LogP contribution in [0.25, 0.3) is 0 Å². The van der Waals surface area contributed by atoms with E-state index in [2.05, 4.69) is 10.3 Å². The van der Waals surface area contributed by atoms with Crippen molar-refractivity contribution in [1.29, 1.82) is 0 Å². The molecule has 1 aliphatic rings. The second-order valence-corrected chi connectivity index (χ2v) is 4.07. The summed E-state index contributed by atoms with van der Waals surface area (Å²) in [5.41, 5.74) is 8.16. The predicted octanol–water partition coefficient (Wildman–Crippen LogP) is 1.75. The first-order valence-electron chi connectivity index (χ1n) is 5.62. The molecule has 2 aromatic rings. The van der Waals surface area contributed by atoms with E-state index in [1.54, 1.807) is 18.3 Å². The zero-order valence-corrected chi connectivity index (χ0v) is 9.63. The van der Waals surface area contributed by atoms with Crippen molar-refractivity contribution in [2.45, 2.75) is 0 Å². The third-order valence-electron chi connectivity index (χ3n) is 2.84. The SMILES string of the molecule is Nc1cccnc1N1CC(=O)Nc2ccccc21. The van der Waals surface area contributed by atoms with Gasteiger partial charge in [-0.1, -0.05) is 12.1 Å². The van der Waals surface area contributed by atoms with Crippen LogP contribution in [0.3, 0.4) is 0 Å². The van der Waals surface area contributed by atoms with E-state index in [1.807, 2.05) is 29.2 Å². The van der Waals surface area contributed by atoms with Crippen molar-refractivity contribution in [3.63, 3.8) is 0 Å². The van der Waals surface area contributed by atoms with Gasteiger partial charge in [0.2, 0.25) is 5.91 Å². The van der Waals surface area contributed by atoms with Gasteiger partial charge in [0.05, 0.1) is 17.1 Å². The first kappa shape index (κ1) is 10.6. The van der Waals surface area contributed by atoms with Crippen molar-refractivity contribution in [2.24, 2.45) is 0 Å². The summed E-state index contributed by atoms with van der Waals surface area (Å²) < 4.78 is 0. The van der Waals surface area contributed by atoms with Gasteiger partial charge in [-0.15, -0.1) is 0 Å². The fraction of sp³-hybridized carbons (Fsp3) is 0.0769. The highest BCUT2D eigenvalue weighted by Crippen LogP contribution is 2.35. The summed E-state index contributed by atoms with van der Waals surface area (Å²) in [6.07, 6.45) is 1.67. The van der Waals surface area contributed by atoms with E-state index in [4.69, 9.17) is 5.73 Å². The number of nitrogen functional groups attached to an aromatic ring is 1. The number of nitrogens with one attached hydrogen (secondary N) is 1. The molecule has 2 heterocycles. The van der Waals surface area contributed by atoms with Crippen LogP contribution in [0.15, 0.2) is 42.6 Å². The number of carbonyl (C=O) groups excluding carboxylic acids is 1. The minimum atomic E-state index is -0.0706. The van der Waals surface area contributed by atoms with E-state index in [-0.39, 0.29) is 12.5 Å². The predicted molar refractivity (Wildman–Crippen MR) is 70.7 cm³/mol. The summed E-state index contributed by atoms with van der Waals surface area (Å²) in [4.78, 5) is 17.8. The summed E-state index contributed by atoms with van der Waals surface area (Å²) in [6.45, 7) is 0.220. The van der Waals surface area contributed by atoms with E-state index in [0.29, 0.717) is 11.5 Å². The Morgan fingerprint density at radius 3 is 2.89 bits per heavy atom. The van der Waals surface area contributed by atoms with E-state index < -0.39 is 0 Å². The fourth-order valence-electron chi connectivity index (χ4n) is 2.06. The van der Waals surface area contributed by atoms with E-state index in [0.717, 1.165) is 11.4 Å². The molecule has 0 saturated heterocycles. The number of fused-ring (bicyclic) bond motifs is 1. The smallest absolute Gasteiger partial charge is 0.244 e. The maximum Gasteiger partial charge on any atom is 0.244 e. The van der Waals surface area contributed by atoms with Crippen LogP contribution in [-0.2, 0) is 4.79 Å². The van der Waals surface area contributed by atoms with Crippen LogP contribution in [0.5, 0.6) is 0 Å². The van der Waals surface area contributed by atoms with Crippen LogP contribution in [0, 0.1) is 0 Å². The van der Waals surface area contributed by atoms with Crippen molar-refractivity contribution < 1.29 is 4.79 Å². The van der Waals surface area contributed by atoms with E-state index >= 15 is 0 Å². The van der Waals surface area contributed by atoms with Crippen molar-refractivity contribution in [3.05, 3.63) is 42.6 Å². The quantitative estimate of drug-likeness (QED) is 0.796. The number of pyridine rings is 1. The molecule has 1 aromatic heterocycles. The third kappa shape index (κ3) is 1.66. The lowest BCUT2D eigenvalue weighted by atomic mass is 10.2. The van der Waals surface area contributed by atoms with Gasteiger partial charge in [0.15, 0.2) is 5.82 Å². The van der Waals surface area contributed by atoms with Crippen molar-refractivity contribution >= 4 is 28.8 Å². The molecule has 0 bridgehead atoms. The average Bonchev–Trinajstić information content (AvgIpc) is 2.38. The largest absolute Gasteiger partial charge is 0.396 e. The van der Waals surface area contributed by atoms with Crippen LogP contribution < -0.4 is 16.0 Å². The Morgan fingerprint density at radius 2 is 2.06 bits per heavy atom. The Labute approximate surface area is 104 Å². The van der Waals surface area contributed by atoms with Gasteiger partial charge >= 0.3 is 0 Å². The molecule has 5 heteroatoms. The second-order valence-electron chi connectivity index (χ2n) is 4.07. The zero-order valence-electron chi connectivity index (χ0n) is 9.63. The van der Waals surface area contributed by atoms with Crippen molar-refractivity contribution in [1.82, 2.24) is 4.98 Å². The molecule has 0 radical (unpaired) electrons. The van der Waals surface area contributed by atoms with Gasteiger partial charge in [0, 0.05) is 6.20 Å². The monoisotopic (exact) mass is 240 g/mol. The summed E-state index contributed by atoms with van der Waals surface area (Å²) >= 11 is 0. The van der Waals surface area contributed by atoms with Crippen molar-refractivity contribution in [3.8, 4) is 0 Å². The van der Waals surface area contributed by atoms with Gasteiger partial charge in [0.1, 0.15) is 6.54 Å². The van der Waals surface area contributed by atoms with E-state index in [9.17, 15) is 4.79 Å². The molecule has 3 N–H and O–H groups in total.